The van der Waals surface area contributed by atoms with Gasteiger partial charge < -0.3 is 9.14 Å². The van der Waals surface area contributed by atoms with Gasteiger partial charge in [-0.25, -0.2) is 4.98 Å². The summed E-state index contributed by atoms with van der Waals surface area (Å²) in [7, 11) is 0. The van der Waals surface area contributed by atoms with Crippen LogP contribution < -0.4 is 4.74 Å². The summed E-state index contributed by atoms with van der Waals surface area (Å²) < 4.78 is 7.58. The van der Waals surface area contributed by atoms with Crippen molar-refractivity contribution in [2.75, 3.05) is 6.61 Å². The molecule has 0 amide bonds. The third-order valence-corrected chi connectivity index (χ3v) is 3.49. The molecule has 2 aromatic heterocycles. The van der Waals surface area contributed by atoms with Crippen LogP contribution in [0.1, 0.15) is 12.6 Å². The largest absolute Gasteiger partial charge is 0.489 e. The molecule has 3 aromatic rings. The number of ether oxygens (including phenoxy) is 1. The van der Waals surface area contributed by atoms with Crippen LogP contribution in [0, 0.1) is 11.3 Å². The van der Waals surface area contributed by atoms with E-state index in [0.29, 0.717) is 13.0 Å². The minimum absolute atomic E-state index is 0.314. The van der Waals surface area contributed by atoms with Gasteiger partial charge >= 0.3 is 0 Å². The maximum Gasteiger partial charge on any atom is 0.137 e. The highest BCUT2D eigenvalue weighted by molar-refractivity contribution is 5.67. The highest BCUT2D eigenvalue weighted by atomic mass is 16.5. The molecule has 0 aliphatic rings. The van der Waals surface area contributed by atoms with E-state index >= 15 is 0 Å². The number of benzene rings is 1. The third kappa shape index (κ3) is 3.09. The van der Waals surface area contributed by atoms with Crippen molar-refractivity contribution in [2.45, 2.75) is 13.3 Å². The molecule has 23 heavy (non-hydrogen) atoms. The lowest BCUT2D eigenvalue weighted by Gasteiger charge is -2.06. The molecule has 0 fully saturated rings. The Balaban J connectivity index is 1.98. The number of hydrogen-bond acceptors (Lipinski definition) is 3. The predicted molar refractivity (Wildman–Crippen MR) is 90.3 cm³/mol. The number of rotatable bonds is 5. The second-order valence-electron chi connectivity index (χ2n) is 5.44. The average molecular weight is 303 g/mol. The molecule has 114 valence electrons. The predicted octanol–water partition coefficient (Wildman–Crippen LogP) is 4.02. The number of hydrogen-bond donors (Lipinski definition) is 0. The van der Waals surface area contributed by atoms with Gasteiger partial charge in [-0.05, 0) is 48.9 Å². The van der Waals surface area contributed by atoms with Gasteiger partial charge in [0.15, 0.2) is 0 Å². The second kappa shape index (κ2) is 6.37. The summed E-state index contributed by atoms with van der Waals surface area (Å²) in [6.07, 6.45) is 2.25. The van der Waals surface area contributed by atoms with E-state index in [1.165, 1.54) is 0 Å². The van der Waals surface area contributed by atoms with Crippen molar-refractivity contribution < 1.29 is 4.74 Å². The normalized spacial score (nSPS) is 10.4. The van der Waals surface area contributed by atoms with Crippen molar-refractivity contribution in [3.05, 3.63) is 66.5 Å². The molecule has 3 rings (SSSR count). The van der Waals surface area contributed by atoms with Crippen LogP contribution in [0.5, 0.6) is 5.75 Å². The Morgan fingerprint density at radius 2 is 2.04 bits per heavy atom. The van der Waals surface area contributed by atoms with E-state index < -0.39 is 0 Å². The van der Waals surface area contributed by atoms with Gasteiger partial charge in [0.2, 0.25) is 0 Å². The highest BCUT2D eigenvalue weighted by Gasteiger charge is 2.13. The van der Waals surface area contributed by atoms with E-state index in [1.54, 1.807) is 0 Å². The lowest BCUT2D eigenvalue weighted by Crippen LogP contribution is -1.97. The van der Waals surface area contributed by atoms with Crippen molar-refractivity contribution in [3.8, 4) is 23.1 Å². The summed E-state index contributed by atoms with van der Waals surface area (Å²) in [6, 6.07) is 15.8. The summed E-state index contributed by atoms with van der Waals surface area (Å²) in [5.41, 5.74) is 4.53. The second-order valence-corrected chi connectivity index (χ2v) is 5.44. The molecule has 0 spiro atoms. The monoisotopic (exact) mass is 303 g/mol. The first-order valence-corrected chi connectivity index (χ1v) is 7.39. The number of aromatic nitrogens is 2. The number of nitrogens with zero attached hydrogens (tertiary/aromatic N) is 3. The molecule has 0 aliphatic carbocycles. The SMILES string of the molecule is C=C(C)COc1ccc(-c2nc3ccccn3c2CC#N)cc1. The fourth-order valence-corrected chi connectivity index (χ4v) is 2.44. The fourth-order valence-electron chi connectivity index (χ4n) is 2.44. The van der Waals surface area contributed by atoms with Crippen LogP contribution in [0.25, 0.3) is 16.9 Å². The molecule has 1 aromatic carbocycles. The zero-order chi connectivity index (χ0) is 16.2. The van der Waals surface area contributed by atoms with E-state index in [9.17, 15) is 0 Å². The van der Waals surface area contributed by atoms with Crippen LogP contribution in [0.15, 0.2) is 60.8 Å². The van der Waals surface area contributed by atoms with Crippen molar-refractivity contribution in [1.82, 2.24) is 9.38 Å². The van der Waals surface area contributed by atoms with Gasteiger partial charge in [0, 0.05) is 11.8 Å². The summed E-state index contributed by atoms with van der Waals surface area (Å²) >= 11 is 0. The average Bonchev–Trinajstić information content (AvgIpc) is 2.93. The Hall–Kier alpha value is -3.06. The Bertz CT molecular complexity index is 885. The molecule has 0 N–H and O–H groups in total. The Morgan fingerprint density at radius 3 is 2.74 bits per heavy atom. The van der Waals surface area contributed by atoms with Crippen LogP contribution >= 0.6 is 0 Å². The maximum absolute atomic E-state index is 9.12. The van der Waals surface area contributed by atoms with Crippen molar-refractivity contribution >= 4 is 5.65 Å². The molecule has 4 heteroatoms. The van der Waals surface area contributed by atoms with E-state index in [0.717, 1.165) is 33.9 Å². The molecule has 0 aliphatic heterocycles. The Morgan fingerprint density at radius 1 is 1.26 bits per heavy atom. The zero-order valence-electron chi connectivity index (χ0n) is 13.0. The summed E-state index contributed by atoms with van der Waals surface area (Å²) in [4.78, 5) is 4.66. The maximum atomic E-state index is 9.12. The molecule has 4 nitrogen and oxygen atoms in total. The first kappa shape index (κ1) is 14.9. The minimum atomic E-state index is 0.314. The van der Waals surface area contributed by atoms with Crippen LogP contribution in [0.2, 0.25) is 0 Å². The van der Waals surface area contributed by atoms with Gasteiger partial charge in [-0.1, -0.05) is 12.6 Å². The smallest absolute Gasteiger partial charge is 0.137 e. The van der Waals surface area contributed by atoms with E-state index in [4.69, 9.17) is 10.00 Å². The molecule has 0 atom stereocenters. The molecule has 0 unspecified atom stereocenters. The molecule has 0 radical (unpaired) electrons. The third-order valence-electron chi connectivity index (χ3n) is 3.49. The van der Waals surface area contributed by atoms with Crippen LogP contribution in [0.4, 0.5) is 0 Å². The van der Waals surface area contributed by atoms with Crippen molar-refractivity contribution in [3.63, 3.8) is 0 Å². The van der Waals surface area contributed by atoms with Gasteiger partial charge in [0.25, 0.3) is 0 Å². The zero-order valence-corrected chi connectivity index (χ0v) is 13.0. The highest BCUT2D eigenvalue weighted by Crippen LogP contribution is 2.26. The van der Waals surface area contributed by atoms with Gasteiger partial charge in [-0.2, -0.15) is 5.26 Å². The van der Waals surface area contributed by atoms with Gasteiger partial charge in [0.05, 0.1) is 23.9 Å². The molecule has 0 bridgehead atoms. The quantitative estimate of drug-likeness (QED) is 0.669. The first-order chi connectivity index (χ1) is 11.2. The summed E-state index contributed by atoms with van der Waals surface area (Å²) in [5, 5.41) is 9.12. The van der Waals surface area contributed by atoms with E-state index in [2.05, 4.69) is 17.6 Å². The first-order valence-electron chi connectivity index (χ1n) is 7.39. The number of fused-ring (bicyclic) bond motifs is 1. The van der Waals surface area contributed by atoms with Crippen molar-refractivity contribution in [1.29, 1.82) is 5.26 Å². The van der Waals surface area contributed by atoms with E-state index in [-0.39, 0.29) is 0 Å². The topological polar surface area (TPSA) is 50.3 Å². The molecular formula is C19H17N3O. The van der Waals surface area contributed by atoms with Crippen LogP contribution in [-0.2, 0) is 6.42 Å². The summed E-state index contributed by atoms with van der Waals surface area (Å²) in [5.74, 6) is 0.794. The van der Waals surface area contributed by atoms with Crippen molar-refractivity contribution in [2.24, 2.45) is 0 Å². The lowest BCUT2D eigenvalue weighted by atomic mass is 10.1. The number of nitriles is 1. The van der Waals surface area contributed by atoms with Gasteiger partial charge in [0.1, 0.15) is 18.0 Å². The minimum Gasteiger partial charge on any atom is -0.489 e. The number of imidazole rings is 1. The van der Waals surface area contributed by atoms with Gasteiger partial charge in [-0.3, -0.25) is 0 Å². The summed E-state index contributed by atoms with van der Waals surface area (Å²) in [6.45, 7) is 6.26. The standard InChI is InChI=1S/C19H17N3O/c1-14(2)13-23-16-8-6-15(7-9-16)19-17(10-11-20)22-12-4-3-5-18(22)21-19/h3-9,12H,1,10,13H2,2H3. The lowest BCUT2D eigenvalue weighted by molar-refractivity contribution is 0.353. The molecular weight excluding hydrogens is 286 g/mol. The van der Waals surface area contributed by atoms with E-state index in [1.807, 2.05) is 60.0 Å². The Labute approximate surface area is 135 Å². The molecule has 0 saturated heterocycles. The van der Waals surface area contributed by atoms with Crippen LogP contribution in [0.3, 0.4) is 0 Å². The number of pyridine rings is 1. The van der Waals surface area contributed by atoms with Gasteiger partial charge in [-0.15, -0.1) is 0 Å². The fraction of sp³-hybridized carbons (Fsp3) is 0.158. The van der Waals surface area contributed by atoms with Crippen LogP contribution in [-0.4, -0.2) is 16.0 Å². The molecule has 2 heterocycles. The Kier molecular flexibility index (Phi) is 4.11. The molecule has 0 saturated carbocycles.